The highest BCUT2D eigenvalue weighted by Gasteiger charge is 2.44. The molecule has 6 aromatic carbocycles. The van der Waals surface area contributed by atoms with Crippen LogP contribution in [0.2, 0.25) is 5.02 Å². The molecule has 0 aromatic heterocycles. The number of aliphatic hydroxyl groups is 4. The van der Waals surface area contributed by atoms with Crippen LogP contribution in [0, 0.1) is 37.5 Å². The molecule has 91 heavy (non-hydrogen) atoms. The number of ether oxygens (including phenoxy) is 3. The molecule has 0 saturated carbocycles. The van der Waals surface area contributed by atoms with Crippen molar-refractivity contribution in [2.75, 3.05) is 60.6 Å². The molecule has 12 rings (SSSR count). The van der Waals surface area contributed by atoms with Gasteiger partial charge < -0.3 is 55.1 Å². The van der Waals surface area contributed by atoms with Crippen LogP contribution in [0.5, 0.6) is 17.2 Å². The van der Waals surface area contributed by atoms with Gasteiger partial charge in [0.1, 0.15) is 5.75 Å². The van der Waals surface area contributed by atoms with Gasteiger partial charge >= 0.3 is 12.1 Å². The summed E-state index contributed by atoms with van der Waals surface area (Å²) in [5.74, 6) is 4.10. The molecular weight excluding hydrogens is 1160 g/mol. The summed E-state index contributed by atoms with van der Waals surface area (Å²) >= 11 is 6.08. The van der Waals surface area contributed by atoms with Crippen molar-refractivity contribution >= 4 is 23.7 Å². The summed E-state index contributed by atoms with van der Waals surface area (Å²) in [7, 11) is 5.05. The van der Waals surface area contributed by atoms with Crippen molar-refractivity contribution < 1.29 is 44.2 Å². The zero-order chi connectivity index (χ0) is 64.0. The first-order chi connectivity index (χ1) is 44.2. The predicted octanol–water partition coefficient (Wildman–Crippen LogP) is 12.3. The summed E-state index contributed by atoms with van der Waals surface area (Å²) < 4.78 is 17.2. The first kappa shape index (κ1) is 65.8. The second-order valence-corrected chi connectivity index (χ2v) is 26.8. The number of rotatable bonds is 17. The van der Waals surface area contributed by atoms with Crippen LogP contribution in [0.4, 0.5) is 9.59 Å². The number of fused-ring (bicyclic) bond motifs is 8. The third kappa shape index (κ3) is 14.1. The number of piperidine rings is 2. The molecule has 6 heterocycles. The van der Waals surface area contributed by atoms with E-state index in [4.69, 9.17) is 25.8 Å². The molecule has 8 unspecified atom stereocenters. The maximum absolute atomic E-state index is 14.0. The van der Waals surface area contributed by atoms with E-state index < -0.39 is 0 Å². The molecule has 6 N–H and O–H groups in total. The molecule has 8 atom stereocenters. The molecule has 0 radical (unpaired) electrons. The smallest absolute Gasteiger partial charge is 0.318 e. The van der Waals surface area contributed by atoms with E-state index in [2.05, 4.69) is 126 Å². The van der Waals surface area contributed by atoms with Crippen molar-refractivity contribution in [3.05, 3.63) is 191 Å². The fraction of sp³-hybridized carbons (Fsp3) is 0.493. The van der Waals surface area contributed by atoms with E-state index in [1.807, 2.05) is 29.2 Å². The van der Waals surface area contributed by atoms with Crippen LogP contribution in [0.3, 0.4) is 0 Å². The van der Waals surface area contributed by atoms with Crippen LogP contribution in [-0.4, -0.2) is 113 Å². The number of halogens is 1. The SMILES string of the molecule is CCC1CN2CCc3cc(CO)c(CO)cc3C2CC1CC1c2cc(OC)c(C)cc2CCN1C(=O)NCc1ccc(Cl)cc1.CCC1CN2CCc3cc(CO)c(CO)cc3C2CC1CC1c2cc(OC)c(OC)cc2CCN1C(=O)NCc1ccc(C)cc1. The zero-order valence-electron chi connectivity index (χ0n) is 54.4. The number of aliphatic hydroxyl groups excluding tert-OH is 4. The Morgan fingerprint density at radius 3 is 1.33 bits per heavy atom. The lowest BCUT2D eigenvalue weighted by molar-refractivity contribution is 0.0350. The first-order valence-corrected chi connectivity index (χ1v) is 33.6. The normalized spacial score (nSPS) is 22.6. The molecule has 6 aromatic rings. The number of urea groups is 2. The highest BCUT2D eigenvalue weighted by atomic mass is 35.5. The van der Waals surface area contributed by atoms with Gasteiger partial charge in [-0.3, -0.25) is 9.80 Å². The zero-order valence-corrected chi connectivity index (χ0v) is 55.2. The largest absolute Gasteiger partial charge is 0.496 e. The molecule has 0 spiro atoms. The summed E-state index contributed by atoms with van der Waals surface area (Å²) in [5, 5.41) is 47.1. The van der Waals surface area contributed by atoms with Gasteiger partial charge in [-0.2, -0.15) is 0 Å². The van der Waals surface area contributed by atoms with Gasteiger partial charge in [-0.1, -0.05) is 111 Å². The van der Waals surface area contributed by atoms with E-state index in [-0.39, 0.29) is 62.7 Å². The lowest BCUT2D eigenvalue weighted by atomic mass is 9.71. The van der Waals surface area contributed by atoms with Gasteiger partial charge in [0.25, 0.3) is 0 Å². The fourth-order valence-corrected chi connectivity index (χ4v) is 16.4. The molecule has 6 aliphatic rings. The van der Waals surface area contributed by atoms with Crippen molar-refractivity contribution in [1.29, 1.82) is 0 Å². The van der Waals surface area contributed by atoms with Crippen LogP contribution >= 0.6 is 11.6 Å². The van der Waals surface area contributed by atoms with Gasteiger partial charge in [0.2, 0.25) is 0 Å². The third-order valence-corrected chi connectivity index (χ3v) is 21.7. The Bertz CT molecular complexity index is 3530. The molecule has 16 heteroatoms. The van der Waals surface area contributed by atoms with E-state index in [0.717, 1.165) is 146 Å². The fourth-order valence-electron chi connectivity index (χ4n) is 16.3. The second kappa shape index (κ2) is 29.5. The lowest BCUT2D eigenvalue weighted by Crippen LogP contribution is -2.49. The van der Waals surface area contributed by atoms with Gasteiger partial charge in [-0.25, -0.2) is 9.59 Å². The van der Waals surface area contributed by atoms with E-state index in [1.54, 1.807) is 21.3 Å². The Balaban J connectivity index is 0.000000187. The standard InChI is InChI=1S/C38H49N3O5.C37H46ClN3O4/c1-5-26-21-40-12-10-27-14-30(22-42)31(23-43)15-32(27)34(40)16-29(26)17-35-33-19-37(46-4)36(45-3)18-28(33)11-13-41(35)38(44)39-20-25-8-6-24(2)7-9-25;1-4-25-20-40-11-9-27-14-29(21-42)30(22-43)15-32(27)34(40)16-28(25)17-35-33-18-36(45-3)23(2)13-26(33)10-12-41(35)37(44)39-19-24-5-7-31(38)8-6-24/h6-9,14-15,18-19,26,29,34-35,42-43H,5,10-13,16-17,20-23H2,1-4H3,(H,39,44);5-8,13-15,18,25,28,34-35,42-43H,4,9-12,16-17,19-22H2,1-3H3,(H,39,44). The minimum atomic E-state index is -0.0972. The molecule has 0 bridgehead atoms. The number of benzene rings is 6. The maximum atomic E-state index is 14.0. The molecule has 486 valence electrons. The first-order valence-electron chi connectivity index (χ1n) is 33.2. The predicted molar refractivity (Wildman–Crippen MR) is 356 cm³/mol. The van der Waals surface area contributed by atoms with Crippen LogP contribution in [0.25, 0.3) is 0 Å². The summed E-state index contributed by atoms with van der Waals surface area (Å²) in [6.45, 7) is 14.8. The minimum Gasteiger partial charge on any atom is -0.496 e. The number of methoxy groups -OCH3 is 3. The van der Waals surface area contributed by atoms with Gasteiger partial charge in [0.05, 0.1) is 59.8 Å². The summed E-state index contributed by atoms with van der Waals surface area (Å²) in [5.41, 5.74) is 17.7. The maximum Gasteiger partial charge on any atom is 0.318 e. The third-order valence-electron chi connectivity index (χ3n) is 21.4. The average Bonchev–Trinajstić information content (AvgIpc) is 0.826. The number of aryl methyl sites for hydroxylation is 2. The molecule has 6 aliphatic heterocycles. The minimum absolute atomic E-state index is 0.0383. The van der Waals surface area contributed by atoms with Crippen molar-refractivity contribution in [1.82, 2.24) is 30.2 Å². The van der Waals surface area contributed by atoms with E-state index in [9.17, 15) is 30.0 Å². The van der Waals surface area contributed by atoms with E-state index in [1.165, 1.54) is 44.5 Å². The number of nitrogens with zero attached hydrogens (tertiary/aromatic N) is 4. The number of hydrogen-bond acceptors (Lipinski definition) is 11. The van der Waals surface area contributed by atoms with Crippen molar-refractivity contribution in [2.45, 2.75) is 156 Å². The number of carbonyl (C=O) groups is 2. The Hall–Kier alpha value is -6.69. The van der Waals surface area contributed by atoms with Crippen LogP contribution in [0.1, 0.15) is 166 Å². The second-order valence-electron chi connectivity index (χ2n) is 26.4. The Morgan fingerprint density at radius 2 is 0.890 bits per heavy atom. The van der Waals surface area contributed by atoms with Crippen molar-refractivity contribution in [2.24, 2.45) is 23.7 Å². The van der Waals surface area contributed by atoms with Gasteiger partial charge in [0, 0.05) is 69.5 Å². The summed E-state index contributed by atoms with van der Waals surface area (Å²) in [6.07, 6.45) is 9.40. The van der Waals surface area contributed by atoms with Crippen LogP contribution in [0.15, 0.2) is 97.1 Å². The topological polar surface area (TPSA) is 180 Å². The van der Waals surface area contributed by atoms with E-state index >= 15 is 0 Å². The number of nitrogens with one attached hydrogen (secondary N) is 2. The highest BCUT2D eigenvalue weighted by molar-refractivity contribution is 6.30. The molecule has 4 amide bonds. The lowest BCUT2D eigenvalue weighted by Gasteiger charge is -2.49. The molecular formula is C75H95ClN6O9. The Kier molecular flexibility index (Phi) is 21.3. The van der Waals surface area contributed by atoms with Crippen LogP contribution < -0.4 is 24.8 Å². The Labute approximate surface area is 543 Å². The number of hydrogen-bond donors (Lipinski definition) is 6. The van der Waals surface area contributed by atoms with Crippen molar-refractivity contribution in [3.63, 3.8) is 0 Å². The molecule has 0 aliphatic carbocycles. The van der Waals surface area contributed by atoms with Crippen molar-refractivity contribution in [3.8, 4) is 17.2 Å². The summed E-state index contributed by atoms with van der Waals surface area (Å²) in [6, 6.07) is 33.3. The molecule has 2 saturated heterocycles. The summed E-state index contributed by atoms with van der Waals surface area (Å²) in [4.78, 5) is 37.2. The number of amides is 4. The van der Waals surface area contributed by atoms with Gasteiger partial charge in [-0.05, 0) is 203 Å². The monoisotopic (exact) mass is 1260 g/mol. The number of carbonyl (C=O) groups excluding carboxylic acids is 2. The van der Waals surface area contributed by atoms with Crippen LogP contribution in [-0.2, 0) is 65.2 Å². The highest BCUT2D eigenvalue weighted by Crippen LogP contribution is 2.51. The Morgan fingerprint density at radius 1 is 0.495 bits per heavy atom. The molecule has 15 nitrogen and oxygen atoms in total. The van der Waals surface area contributed by atoms with Gasteiger partial charge in [0.15, 0.2) is 11.5 Å². The van der Waals surface area contributed by atoms with Gasteiger partial charge in [-0.15, -0.1) is 0 Å². The average molecular weight is 1260 g/mol. The molecule has 2 fully saturated rings. The quantitative estimate of drug-likeness (QED) is 0.0512. The van der Waals surface area contributed by atoms with E-state index in [0.29, 0.717) is 60.6 Å².